The van der Waals surface area contributed by atoms with Crippen LogP contribution in [0.25, 0.3) is 11.0 Å². The Bertz CT molecular complexity index is 655. The Morgan fingerprint density at radius 3 is 3.17 bits per heavy atom. The lowest BCUT2D eigenvalue weighted by Gasteiger charge is -2.16. The lowest BCUT2D eigenvalue weighted by Crippen LogP contribution is -2.31. The molecular weight excluding hydrogens is 233 g/mol. The summed E-state index contributed by atoms with van der Waals surface area (Å²) in [6.45, 7) is 0.141. The summed E-state index contributed by atoms with van der Waals surface area (Å²) in [7, 11) is 1.65. The SMILES string of the molecule is CNC1=C(F)CNC(c2c[nH]c3ncccc23)=N1. The smallest absolute Gasteiger partial charge is 0.161 e. The van der Waals surface area contributed by atoms with Gasteiger partial charge in [-0.25, -0.2) is 14.4 Å². The highest BCUT2D eigenvalue weighted by molar-refractivity contribution is 6.09. The van der Waals surface area contributed by atoms with Gasteiger partial charge in [0.15, 0.2) is 11.6 Å². The van der Waals surface area contributed by atoms with Gasteiger partial charge < -0.3 is 15.6 Å². The minimum absolute atomic E-state index is 0.141. The number of rotatable bonds is 2. The van der Waals surface area contributed by atoms with Crippen molar-refractivity contribution in [2.45, 2.75) is 0 Å². The minimum Gasteiger partial charge on any atom is -0.371 e. The highest BCUT2D eigenvalue weighted by Gasteiger charge is 2.17. The number of aromatic amines is 1. The van der Waals surface area contributed by atoms with Crippen LogP contribution in [0.3, 0.4) is 0 Å². The lowest BCUT2D eigenvalue weighted by molar-refractivity contribution is 0.570. The Labute approximate surface area is 103 Å². The van der Waals surface area contributed by atoms with Crippen LogP contribution in [0.4, 0.5) is 4.39 Å². The molecule has 1 aliphatic rings. The van der Waals surface area contributed by atoms with E-state index in [0.717, 1.165) is 16.6 Å². The largest absolute Gasteiger partial charge is 0.371 e. The van der Waals surface area contributed by atoms with E-state index in [9.17, 15) is 4.39 Å². The molecule has 0 spiro atoms. The molecule has 18 heavy (non-hydrogen) atoms. The molecule has 0 aliphatic carbocycles. The molecule has 0 aromatic carbocycles. The molecule has 0 unspecified atom stereocenters. The quantitative estimate of drug-likeness (QED) is 0.746. The van der Waals surface area contributed by atoms with Gasteiger partial charge in [-0.3, -0.25) is 0 Å². The zero-order chi connectivity index (χ0) is 12.5. The van der Waals surface area contributed by atoms with Gasteiger partial charge in [0.2, 0.25) is 0 Å². The standard InChI is InChI=1S/C12H12FN5/c1-14-12-9(13)6-17-11(18-12)8-5-16-10-7(8)3-2-4-15-10/h2-5,14H,6H2,1H3,(H,15,16)(H,17,18). The number of nitrogens with zero attached hydrogens (tertiary/aromatic N) is 2. The van der Waals surface area contributed by atoms with Crippen molar-refractivity contribution in [1.29, 1.82) is 0 Å². The van der Waals surface area contributed by atoms with Crippen molar-refractivity contribution >= 4 is 16.9 Å². The predicted molar refractivity (Wildman–Crippen MR) is 67.8 cm³/mol. The van der Waals surface area contributed by atoms with Gasteiger partial charge in [0.05, 0.1) is 6.54 Å². The molecule has 0 fully saturated rings. The van der Waals surface area contributed by atoms with Crippen LogP contribution >= 0.6 is 0 Å². The van der Waals surface area contributed by atoms with Gasteiger partial charge in [-0.15, -0.1) is 0 Å². The Balaban J connectivity index is 2.11. The molecule has 6 heteroatoms. The van der Waals surface area contributed by atoms with Crippen LogP contribution in [-0.2, 0) is 0 Å². The molecule has 3 heterocycles. The predicted octanol–water partition coefficient (Wildman–Crippen LogP) is 1.27. The number of aliphatic imine (C=N–C) groups is 1. The van der Waals surface area contributed by atoms with Crippen LogP contribution in [0, 0.1) is 0 Å². The average molecular weight is 245 g/mol. The summed E-state index contributed by atoms with van der Waals surface area (Å²) in [4.78, 5) is 11.5. The molecule has 0 bridgehead atoms. The van der Waals surface area contributed by atoms with Crippen LogP contribution in [0.1, 0.15) is 5.56 Å². The number of amidine groups is 1. The first-order chi connectivity index (χ1) is 8.79. The fraction of sp³-hybridized carbons (Fsp3) is 0.167. The second-order valence-electron chi connectivity index (χ2n) is 3.92. The van der Waals surface area contributed by atoms with Crippen LogP contribution in [-0.4, -0.2) is 29.4 Å². The van der Waals surface area contributed by atoms with E-state index in [1.54, 1.807) is 13.2 Å². The van der Waals surface area contributed by atoms with E-state index in [1.807, 2.05) is 18.3 Å². The zero-order valence-electron chi connectivity index (χ0n) is 9.79. The summed E-state index contributed by atoms with van der Waals surface area (Å²) in [5.41, 5.74) is 1.68. The Morgan fingerprint density at radius 1 is 1.44 bits per heavy atom. The molecule has 0 atom stereocenters. The van der Waals surface area contributed by atoms with Crippen molar-refractivity contribution < 1.29 is 4.39 Å². The number of aromatic nitrogens is 2. The van der Waals surface area contributed by atoms with Crippen molar-refractivity contribution in [2.75, 3.05) is 13.6 Å². The number of fused-ring (bicyclic) bond motifs is 1. The van der Waals surface area contributed by atoms with E-state index < -0.39 is 0 Å². The van der Waals surface area contributed by atoms with Gasteiger partial charge in [-0.2, -0.15) is 0 Å². The van der Waals surface area contributed by atoms with Gasteiger partial charge in [-0.05, 0) is 12.1 Å². The maximum absolute atomic E-state index is 13.4. The third kappa shape index (κ3) is 1.62. The maximum atomic E-state index is 13.4. The second kappa shape index (κ2) is 4.14. The normalized spacial score (nSPS) is 15.6. The van der Waals surface area contributed by atoms with Crippen molar-refractivity contribution in [3.8, 4) is 0 Å². The molecule has 0 saturated carbocycles. The number of halogens is 1. The second-order valence-corrected chi connectivity index (χ2v) is 3.92. The average Bonchev–Trinajstić information content (AvgIpc) is 2.83. The summed E-state index contributed by atoms with van der Waals surface area (Å²) in [6, 6.07) is 3.81. The number of hydrogen-bond acceptors (Lipinski definition) is 4. The number of pyridine rings is 1. The van der Waals surface area contributed by atoms with Crippen LogP contribution < -0.4 is 10.6 Å². The molecule has 2 aromatic heterocycles. The van der Waals surface area contributed by atoms with Crippen molar-refractivity contribution in [2.24, 2.45) is 4.99 Å². The Morgan fingerprint density at radius 2 is 2.33 bits per heavy atom. The first-order valence-electron chi connectivity index (χ1n) is 5.61. The molecule has 0 saturated heterocycles. The van der Waals surface area contributed by atoms with Crippen LogP contribution in [0.15, 0.2) is 41.2 Å². The highest BCUT2D eigenvalue weighted by atomic mass is 19.1. The van der Waals surface area contributed by atoms with Gasteiger partial charge in [0, 0.05) is 30.4 Å². The summed E-state index contributed by atoms with van der Waals surface area (Å²) in [5, 5.41) is 6.66. The van der Waals surface area contributed by atoms with Gasteiger partial charge in [-0.1, -0.05) is 0 Å². The maximum Gasteiger partial charge on any atom is 0.161 e. The highest BCUT2D eigenvalue weighted by Crippen LogP contribution is 2.19. The third-order valence-corrected chi connectivity index (χ3v) is 2.83. The van der Waals surface area contributed by atoms with Gasteiger partial charge in [0.1, 0.15) is 11.5 Å². The molecule has 2 aromatic rings. The third-order valence-electron chi connectivity index (χ3n) is 2.83. The van der Waals surface area contributed by atoms with E-state index in [-0.39, 0.29) is 18.2 Å². The summed E-state index contributed by atoms with van der Waals surface area (Å²) < 4.78 is 13.4. The van der Waals surface area contributed by atoms with Crippen LogP contribution in [0.5, 0.6) is 0 Å². The monoisotopic (exact) mass is 245 g/mol. The van der Waals surface area contributed by atoms with Crippen molar-refractivity contribution in [3.63, 3.8) is 0 Å². The minimum atomic E-state index is -0.292. The summed E-state index contributed by atoms with van der Waals surface area (Å²) in [5.74, 6) is 0.612. The van der Waals surface area contributed by atoms with Crippen molar-refractivity contribution in [1.82, 2.24) is 20.6 Å². The molecule has 0 amide bonds. The molecule has 1 aliphatic heterocycles. The van der Waals surface area contributed by atoms with E-state index >= 15 is 0 Å². The van der Waals surface area contributed by atoms with Crippen molar-refractivity contribution in [3.05, 3.63) is 41.7 Å². The Hall–Kier alpha value is -2.37. The first kappa shape index (κ1) is 10.8. The van der Waals surface area contributed by atoms with E-state index in [2.05, 4.69) is 25.6 Å². The summed E-state index contributed by atoms with van der Waals surface area (Å²) in [6.07, 6.45) is 3.54. The lowest BCUT2D eigenvalue weighted by atomic mass is 10.2. The molecule has 3 rings (SSSR count). The zero-order valence-corrected chi connectivity index (χ0v) is 9.79. The number of nitrogens with one attached hydrogen (secondary N) is 3. The van der Waals surface area contributed by atoms with Gasteiger partial charge >= 0.3 is 0 Å². The number of H-pyrrole nitrogens is 1. The molecule has 3 N–H and O–H groups in total. The summed E-state index contributed by atoms with van der Waals surface area (Å²) >= 11 is 0. The van der Waals surface area contributed by atoms with Gasteiger partial charge in [0.25, 0.3) is 0 Å². The van der Waals surface area contributed by atoms with E-state index in [0.29, 0.717) is 5.84 Å². The topological polar surface area (TPSA) is 65.1 Å². The number of hydrogen-bond donors (Lipinski definition) is 3. The fourth-order valence-corrected chi connectivity index (χ4v) is 1.96. The molecule has 92 valence electrons. The molecule has 5 nitrogen and oxygen atoms in total. The van der Waals surface area contributed by atoms with Crippen LogP contribution in [0.2, 0.25) is 0 Å². The molecular formula is C12H12FN5. The van der Waals surface area contributed by atoms with E-state index in [1.165, 1.54) is 0 Å². The first-order valence-corrected chi connectivity index (χ1v) is 5.61. The Kier molecular flexibility index (Phi) is 2.47. The van der Waals surface area contributed by atoms with E-state index in [4.69, 9.17) is 0 Å². The fourth-order valence-electron chi connectivity index (χ4n) is 1.96. The molecule has 0 radical (unpaired) electrons.